The van der Waals surface area contributed by atoms with Crippen LogP contribution in [0.5, 0.6) is 0 Å². The molecule has 17 heavy (non-hydrogen) atoms. The van der Waals surface area contributed by atoms with Gasteiger partial charge in [-0.25, -0.2) is 29.0 Å². The van der Waals surface area contributed by atoms with Crippen LogP contribution in [0.3, 0.4) is 0 Å². The third kappa shape index (κ3) is 3.62. The smallest absolute Gasteiger partial charge is 0.244 e. The Morgan fingerprint density at radius 3 is 2.47 bits per heavy atom. The zero-order valence-corrected chi connectivity index (χ0v) is 9.78. The average Bonchev–Trinajstić information content (AvgIpc) is 2.36. The number of rotatable bonds is 5. The van der Waals surface area contributed by atoms with Crippen LogP contribution in [0.25, 0.3) is 0 Å². The zero-order chi connectivity index (χ0) is 12.9. The van der Waals surface area contributed by atoms with E-state index in [4.69, 9.17) is 5.84 Å². The molecule has 5 N–H and O–H groups in total. The molecule has 0 aliphatic rings. The number of aromatic nitrogens is 2. The van der Waals surface area contributed by atoms with Gasteiger partial charge in [-0.2, -0.15) is 0 Å². The summed E-state index contributed by atoms with van der Waals surface area (Å²) >= 11 is 0. The van der Waals surface area contributed by atoms with E-state index in [1.54, 1.807) is 0 Å². The summed E-state index contributed by atoms with van der Waals surface area (Å²) in [6, 6.07) is 0. The van der Waals surface area contributed by atoms with Crippen molar-refractivity contribution in [3.05, 3.63) is 12.4 Å². The molecule has 1 heterocycles. The number of nitrogens with two attached hydrogens (primary N) is 1. The molecule has 0 fully saturated rings. The molecule has 1 amide bonds. The lowest BCUT2D eigenvalue weighted by molar-refractivity contribution is -0.119. The quantitative estimate of drug-likeness (QED) is 0.347. The molecule has 1 aromatic heterocycles. The fourth-order valence-corrected chi connectivity index (χ4v) is 1.73. The van der Waals surface area contributed by atoms with Gasteiger partial charge in [0, 0.05) is 7.05 Å². The second-order valence-corrected chi connectivity index (χ2v) is 4.65. The number of hydrogen-bond acceptors (Lipinski definition) is 7. The molecule has 0 atom stereocenters. The molecule has 9 nitrogen and oxygen atoms in total. The number of nitrogens with zero attached hydrogens (tertiary/aromatic N) is 2. The molecule has 0 aromatic carbocycles. The Morgan fingerprint density at radius 2 is 2.00 bits per heavy atom. The molecule has 10 heteroatoms. The summed E-state index contributed by atoms with van der Waals surface area (Å²) in [5, 5.41) is 2.28. The Hall–Kier alpha value is -1.78. The lowest BCUT2D eigenvalue weighted by atomic mass is 10.6. The molecular formula is C7H12N6O3S. The largest absolute Gasteiger partial charge is 0.358 e. The number of sulfonamides is 1. The van der Waals surface area contributed by atoms with Gasteiger partial charge in [0.1, 0.15) is 4.90 Å². The number of nitrogens with one attached hydrogen (secondary N) is 3. The van der Waals surface area contributed by atoms with Crippen LogP contribution < -0.4 is 21.3 Å². The molecule has 0 aliphatic heterocycles. The molecule has 0 aliphatic carbocycles. The van der Waals surface area contributed by atoms with E-state index < -0.39 is 15.9 Å². The van der Waals surface area contributed by atoms with Crippen molar-refractivity contribution in [1.82, 2.24) is 20.0 Å². The van der Waals surface area contributed by atoms with Gasteiger partial charge >= 0.3 is 0 Å². The van der Waals surface area contributed by atoms with Gasteiger partial charge in [-0.05, 0) is 0 Å². The van der Waals surface area contributed by atoms with Crippen LogP contribution in [0.4, 0.5) is 5.95 Å². The van der Waals surface area contributed by atoms with Gasteiger partial charge in [0.25, 0.3) is 0 Å². The fraction of sp³-hybridized carbons (Fsp3) is 0.286. The molecule has 0 saturated heterocycles. The number of carbonyl (C=O) groups excluding carboxylic acids is 1. The fourth-order valence-electron chi connectivity index (χ4n) is 0.862. The Bertz CT molecular complexity index is 485. The number of likely N-dealkylation sites (N-methyl/N-ethyl adjacent to an activating group) is 1. The molecule has 1 rings (SSSR count). The van der Waals surface area contributed by atoms with Crippen molar-refractivity contribution >= 4 is 21.9 Å². The summed E-state index contributed by atoms with van der Waals surface area (Å²) in [4.78, 5) is 18.0. The number of nitrogen functional groups attached to an aromatic ring is 1. The van der Waals surface area contributed by atoms with E-state index in [1.807, 2.05) is 0 Å². The van der Waals surface area contributed by atoms with Gasteiger partial charge in [0.2, 0.25) is 21.9 Å². The van der Waals surface area contributed by atoms with E-state index in [-0.39, 0.29) is 17.4 Å². The van der Waals surface area contributed by atoms with E-state index in [0.29, 0.717) is 0 Å². The highest BCUT2D eigenvalue weighted by Gasteiger charge is 2.16. The van der Waals surface area contributed by atoms with Gasteiger partial charge in [-0.1, -0.05) is 0 Å². The van der Waals surface area contributed by atoms with Crippen LogP contribution in [0.1, 0.15) is 0 Å². The lowest BCUT2D eigenvalue weighted by Crippen LogP contribution is -2.35. The van der Waals surface area contributed by atoms with Gasteiger partial charge in [-0.3, -0.25) is 10.2 Å². The third-order valence-corrected chi connectivity index (χ3v) is 3.12. The van der Waals surface area contributed by atoms with Crippen LogP contribution in [-0.2, 0) is 14.8 Å². The topological polar surface area (TPSA) is 139 Å². The van der Waals surface area contributed by atoms with Crippen molar-refractivity contribution in [2.24, 2.45) is 5.84 Å². The molecule has 94 valence electrons. The molecular weight excluding hydrogens is 248 g/mol. The highest BCUT2D eigenvalue weighted by Crippen LogP contribution is 2.05. The SMILES string of the molecule is CNC(=O)CNS(=O)(=O)c1cnc(NN)nc1. The first-order chi connectivity index (χ1) is 7.99. The van der Waals surface area contributed by atoms with Gasteiger partial charge < -0.3 is 5.32 Å². The minimum absolute atomic E-state index is 0.0928. The van der Waals surface area contributed by atoms with Crippen molar-refractivity contribution in [2.75, 3.05) is 19.0 Å². The highest BCUT2D eigenvalue weighted by molar-refractivity contribution is 7.89. The van der Waals surface area contributed by atoms with Gasteiger partial charge in [-0.15, -0.1) is 0 Å². The van der Waals surface area contributed by atoms with Crippen LogP contribution in [0, 0.1) is 0 Å². The number of hydrazine groups is 1. The van der Waals surface area contributed by atoms with E-state index >= 15 is 0 Å². The van der Waals surface area contributed by atoms with Crippen LogP contribution in [0.2, 0.25) is 0 Å². The normalized spacial score (nSPS) is 10.9. The first-order valence-electron chi connectivity index (χ1n) is 4.48. The Labute approximate surface area is 97.8 Å². The summed E-state index contributed by atoms with van der Waals surface area (Å²) in [6.07, 6.45) is 2.16. The van der Waals surface area contributed by atoms with E-state index in [1.165, 1.54) is 7.05 Å². The zero-order valence-electron chi connectivity index (χ0n) is 8.97. The molecule has 0 radical (unpaired) electrons. The molecule has 0 bridgehead atoms. The minimum Gasteiger partial charge on any atom is -0.358 e. The van der Waals surface area contributed by atoms with Crippen LogP contribution in [0.15, 0.2) is 17.3 Å². The molecule has 0 saturated carbocycles. The van der Waals surface area contributed by atoms with Crippen molar-refractivity contribution in [2.45, 2.75) is 4.90 Å². The molecule has 0 spiro atoms. The summed E-state index contributed by atoms with van der Waals surface area (Å²) in [5.74, 6) is 4.68. The van der Waals surface area contributed by atoms with Crippen molar-refractivity contribution < 1.29 is 13.2 Å². The van der Waals surface area contributed by atoms with Crippen molar-refractivity contribution in [1.29, 1.82) is 0 Å². The molecule has 0 unspecified atom stereocenters. The van der Waals surface area contributed by atoms with Crippen molar-refractivity contribution in [3.63, 3.8) is 0 Å². The predicted octanol–water partition coefficient (Wildman–Crippen LogP) is -2.21. The third-order valence-electron chi connectivity index (χ3n) is 1.77. The maximum atomic E-state index is 11.6. The molecule has 1 aromatic rings. The summed E-state index contributed by atoms with van der Waals surface area (Å²) < 4.78 is 25.4. The predicted molar refractivity (Wildman–Crippen MR) is 59.1 cm³/mol. The van der Waals surface area contributed by atoms with E-state index in [0.717, 1.165) is 12.4 Å². The summed E-state index contributed by atoms with van der Waals surface area (Å²) in [5.41, 5.74) is 2.16. The second-order valence-electron chi connectivity index (χ2n) is 2.88. The maximum absolute atomic E-state index is 11.6. The highest BCUT2D eigenvalue weighted by atomic mass is 32.2. The van der Waals surface area contributed by atoms with Crippen molar-refractivity contribution in [3.8, 4) is 0 Å². The van der Waals surface area contributed by atoms with E-state index in [2.05, 4.69) is 25.4 Å². The Balaban J connectivity index is 2.78. The maximum Gasteiger partial charge on any atom is 0.244 e. The second kappa shape index (κ2) is 5.52. The van der Waals surface area contributed by atoms with Gasteiger partial charge in [0.05, 0.1) is 18.9 Å². The number of hydrogen-bond donors (Lipinski definition) is 4. The number of anilines is 1. The monoisotopic (exact) mass is 260 g/mol. The van der Waals surface area contributed by atoms with E-state index in [9.17, 15) is 13.2 Å². The first-order valence-corrected chi connectivity index (χ1v) is 5.97. The summed E-state index contributed by atoms with van der Waals surface area (Å²) in [7, 11) is -2.39. The lowest BCUT2D eigenvalue weighted by Gasteiger charge is -2.05. The average molecular weight is 260 g/mol. The van der Waals surface area contributed by atoms with Crippen LogP contribution >= 0.6 is 0 Å². The Kier molecular flexibility index (Phi) is 4.31. The minimum atomic E-state index is -3.79. The van der Waals surface area contributed by atoms with Gasteiger partial charge in [0.15, 0.2) is 0 Å². The Morgan fingerprint density at radius 1 is 1.41 bits per heavy atom. The first kappa shape index (κ1) is 13.3. The standard InChI is InChI=1S/C7H12N6O3S/c1-9-6(14)4-12-17(15,16)5-2-10-7(13-8)11-3-5/h2-3,12H,4,8H2,1H3,(H,9,14)(H,10,11,13). The van der Waals surface area contributed by atoms with Crippen LogP contribution in [-0.4, -0.2) is 37.9 Å². The summed E-state index contributed by atoms with van der Waals surface area (Å²) in [6.45, 7) is -0.351. The number of carbonyl (C=O) groups is 1. The number of amides is 1.